The van der Waals surface area contributed by atoms with Crippen molar-refractivity contribution in [3.63, 3.8) is 0 Å². The van der Waals surface area contributed by atoms with Crippen LogP contribution in [-0.4, -0.2) is 57.8 Å². The van der Waals surface area contributed by atoms with Gasteiger partial charge in [-0.1, -0.05) is 36.4 Å². The molecule has 5 rings (SSSR count). The van der Waals surface area contributed by atoms with Crippen molar-refractivity contribution >= 4 is 28.8 Å². The molecule has 2 amide bonds. The van der Waals surface area contributed by atoms with Gasteiger partial charge in [-0.3, -0.25) is 9.59 Å². The third kappa shape index (κ3) is 4.41. The Morgan fingerprint density at radius 3 is 2.45 bits per heavy atom. The van der Waals surface area contributed by atoms with E-state index in [0.29, 0.717) is 43.4 Å². The van der Waals surface area contributed by atoms with Gasteiger partial charge in [0.25, 0.3) is 11.8 Å². The van der Waals surface area contributed by atoms with Crippen LogP contribution in [0.25, 0.3) is 16.4 Å². The minimum absolute atomic E-state index is 0.0240. The largest absolute Gasteiger partial charge is 0.378 e. The van der Waals surface area contributed by atoms with E-state index in [-0.39, 0.29) is 11.7 Å². The van der Waals surface area contributed by atoms with Crippen LogP contribution < -0.4 is 5.32 Å². The van der Waals surface area contributed by atoms with Gasteiger partial charge >= 0.3 is 0 Å². The molecule has 0 atom stereocenters. The molecule has 1 saturated heterocycles. The number of morpholine rings is 1. The highest BCUT2D eigenvalue weighted by molar-refractivity contribution is 7.13. The number of para-hydroxylation sites is 2. The lowest BCUT2D eigenvalue weighted by molar-refractivity contribution is 0.0303. The Bertz CT molecular complexity index is 1260. The van der Waals surface area contributed by atoms with Crippen LogP contribution in [0.4, 0.5) is 5.69 Å². The maximum Gasteiger partial charge on any atom is 0.295 e. The van der Waals surface area contributed by atoms with E-state index in [9.17, 15) is 9.59 Å². The minimum Gasteiger partial charge on any atom is -0.378 e. The maximum absolute atomic E-state index is 13.1. The number of rotatable bonds is 5. The molecule has 9 heteroatoms. The van der Waals surface area contributed by atoms with Gasteiger partial charge in [-0.25, -0.2) is 9.67 Å². The Labute approximate surface area is 194 Å². The van der Waals surface area contributed by atoms with E-state index < -0.39 is 5.91 Å². The van der Waals surface area contributed by atoms with E-state index in [1.165, 1.54) is 11.3 Å². The molecule has 0 saturated carbocycles. The molecule has 8 nitrogen and oxygen atoms in total. The van der Waals surface area contributed by atoms with Crippen molar-refractivity contribution in [2.24, 2.45) is 0 Å². The van der Waals surface area contributed by atoms with Crippen molar-refractivity contribution in [1.29, 1.82) is 0 Å². The molecule has 2 aromatic carbocycles. The topological polar surface area (TPSA) is 89.4 Å². The van der Waals surface area contributed by atoms with E-state index in [0.717, 1.165) is 10.6 Å². The van der Waals surface area contributed by atoms with Crippen LogP contribution in [0, 0.1) is 0 Å². The Hall–Kier alpha value is -3.82. The number of carbonyl (C=O) groups is 2. The number of amides is 2. The number of carbonyl (C=O) groups excluding carboxylic acids is 2. The summed E-state index contributed by atoms with van der Waals surface area (Å²) < 4.78 is 7.00. The van der Waals surface area contributed by atoms with Crippen LogP contribution in [0.15, 0.2) is 72.1 Å². The maximum atomic E-state index is 13.1. The minimum atomic E-state index is -0.482. The summed E-state index contributed by atoms with van der Waals surface area (Å²) >= 11 is 1.52. The molecule has 0 spiro atoms. The van der Waals surface area contributed by atoms with E-state index in [2.05, 4.69) is 15.4 Å². The fourth-order valence-electron chi connectivity index (χ4n) is 3.62. The molecule has 0 radical (unpaired) electrons. The third-order valence-corrected chi connectivity index (χ3v) is 6.12. The van der Waals surface area contributed by atoms with Gasteiger partial charge in [-0.15, -0.1) is 16.4 Å². The van der Waals surface area contributed by atoms with Crippen molar-refractivity contribution < 1.29 is 14.3 Å². The third-order valence-electron chi connectivity index (χ3n) is 5.26. The van der Waals surface area contributed by atoms with Crippen molar-refractivity contribution in [3.8, 4) is 16.4 Å². The molecular weight excluding hydrogens is 438 g/mol. The van der Waals surface area contributed by atoms with E-state index in [1.54, 1.807) is 33.8 Å². The Morgan fingerprint density at radius 2 is 1.70 bits per heavy atom. The number of aromatic nitrogens is 3. The first-order valence-electron chi connectivity index (χ1n) is 10.5. The molecule has 0 unspecified atom stereocenters. The zero-order chi connectivity index (χ0) is 22.6. The van der Waals surface area contributed by atoms with Gasteiger partial charge in [-0.2, -0.15) is 0 Å². The molecule has 166 valence electrons. The predicted molar refractivity (Wildman–Crippen MR) is 126 cm³/mol. The van der Waals surface area contributed by atoms with Gasteiger partial charge in [0.2, 0.25) is 5.82 Å². The van der Waals surface area contributed by atoms with Crippen molar-refractivity contribution in [2.45, 2.75) is 0 Å². The van der Waals surface area contributed by atoms with Crippen LogP contribution in [0.5, 0.6) is 0 Å². The van der Waals surface area contributed by atoms with Crippen LogP contribution >= 0.6 is 11.3 Å². The highest BCUT2D eigenvalue weighted by Gasteiger charge is 2.24. The number of hydrogen-bond donors (Lipinski definition) is 1. The Balaban J connectivity index is 1.45. The normalized spacial score (nSPS) is 13.6. The quantitative estimate of drug-likeness (QED) is 0.491. The summed E-state index contributed by atoms with van der Waals surface area (Å²) in [6.07, 6.45) is 0. The smallest absolute Gasteiger partial charge is 0.295 e. The lowest BCUT2D eigenvalue weighted by Gasteiger charge is -2.27. The van der Waals surface area contributed by atoms with E-state index in [1.807, 2.05) is 47.8 Å². The molecule has 4 aromatic rings. The van der Waals surface area contributed by atoms with E-state index >= 15 is 0 Å². The summed E-state index contributed by atoms with van der Waals surface area (Å²) in [5, 5.41) is 9.27. The average molecular weight is 460 g/mol. The molecule has 1 aliphatic rings. The number of benzene rings is 2. The zero-order valence-corrected chi connectivity index (χ0v) is 18.5. The SMILES string of the molecule is O=C(Nc1ccccc1C(=O)N1CCOCC1)c1nc(-c2cccs2)n(-c2ccccc2)n1. The van der Waals surface area contributed by atoms with Gasteiger partial charge in [-0.05, 0) is 35.7 Å². The van der Waals surface area contributed by atoms with Gasteiger partial charge < -0.3 is 15.0 Å². The van der Waals surface area contributed by atoms with Crippen molar-refractivity contribution in [1.82, 2.24) is 19.7 Å². The highest BCUT2D eigenvalue weighted by Crippen LogP contribution is 2.26. The molecule has 2 aromatic heterocycles. The standard InChI is InChI=1S/C24H21N5O3S/c30-23(25-19-10-5-4-9-18(19)24(31)28-12-14-32-15-13-28)21-26-22(20-11-6-16-33-20)29(27-21)17-7-2-1-3-8-17/h1-11,16H,12-15H2,(H,25,30). The number of anilines is 1. The summed E-state index contributed by atoms with van der Waals surface area (Å²) in [6, 6.07) is 20.4. The lowest BCUT2D eigenvalue weighted by Crippen LogP contribution is -2.41. The first-order valence-corrected chi connectivity index (χ1v) is 11.4. The van der Waals surface area contributed by atoms with E-state index in [4.69, 9.17) is 4.74 Å². The molecule has 0 aliphatic carbocycles. The van der Waals surface area contributed by atoms with Gasteiger partial charge in [0.15, 0.2) is 5.82 Å². The summed E-state index contributed by atoms with van der Waals surface area (Å²) in [7, 11) is 0. The second kappa shape index (κ2) is 9.35. The van der Waals surface area contributed by atoms with Crippen LogP contribution in [-0.2, 0) is 4.74 Å². The zero-order valence-electron chi connectivity index (χ0n) is 17.7. The summed E-state index contributed by atoms with van der Waals surface area (Å²) in [6.45, 7) is 2.06. The Morgan fingerprint density at radius 1 is 0.939 bits per heavy atom. The fraction of sp³-hybridized carbons (Fsp3) is 0.167. The number of nitrogens with zero attached hydrogens (tertiary/aromatic N) is 4. The van der Waals surface area contributed by atoms with Crippen LogP contribution in [0.2, 0.25) is 0 Å². The number of thiophene rings is 1. The number of ether oxygens (including phenoxy) is 1. The fourth-order valence-corrected chi connectivity index (χ4v) is 4.31. The first kappa shape index (κ1) is 21.0. The number of nitrogens with one attached hydrogen (secondary N) is 1. The first-order chi connectivity index (χ1) is 16.2. The Kier molecular flexibility index (Phi) is 5.97. The van der Waals surface area contributed by atoms with Crippen LogP contribution in [0.3, 0.4) is 0 Å². The van der Waals surface area contributed by atoms with Crippen molar-refractivity contribution in [2.75, 3.05) is 31.6 Å². The molecule has 1 N–H and O–H groups in total. The molecule has 1 aliphatic heterocycles. The average Bonchev–Trinajstić information content (AvgIpc) is 3.55. The summed E-state index contributed by atoms with van der Waals surface area (Å²) in [4.78, 5) is 33.3. The summed E-state index contributed by atoms with van der Waals surface area (Å²) in [5.41, 5.74) is 1.65. The second-order valence-corrected chi connectivity index (χ2v) is 8.34. The molecule has 3 heterocycles. The summed E-state index contributed by atoms with van der Waals surface area (Å²) in [5.74, 6) is -0.0177. The highest BCUT2D eigenvalue weighted by atomic mass is 32.1. The van der Waals surface area contributed by atoms with Crippen molar-refractivity contribution in [3.05, 3.63) is 83.5 Å². The van der Waals surface area contributed by atoms with Gasteiger partial charge in [0, 0.05) is 13.1 Å². The van der Waals surface area contributed by atoms with Crippen LogP contribution in [0.1, 0.15) is 21.0 Å². The monoisotopic (exact) mass is 459 g/mol. The number of hydrogen-bond acceptors (Lipinski definition) is 6. The predicted octanol–water partition coefficient (Wildman–Crippen LogP) is 3.72. The van der Waals surface area contributed by atoms with Gasteiger partial charge in [0.1, 0.15) is 0 Å². The molecule has 1 fully saturated rings. The lowest BCUT2D eigenvalue weighted by atomic mass is 10.1. The second-order valence-electron chi connectivity index (χ2n) is 7.39. The van der Waals surface area contributed by atoms with Gasteiger partial charge in [0.05, 0.1) is 35.0 Å². The molecule has 33 heavy (non-hydrogen) atoms. The molecular formula is C24H21N5O3S. The molecule has 0 bridgehead atoms.